The Morgan fingerprint density at radius 3 is 2.54 bits per heavy atom. The second-order valence-electron chi connectivity index (χ2n) is 5.38. The summed E-state index contributed by atoms with van der Waals surface area (Å²) in [4.78, 5) is 31.6. The van der Waals surface area contributed by atoms with E-state index in [1.807, 2.05) is 30.3 Å². The Kier molecular flexibility index (Phi) is 7.83. The summed E-state index contributed by atoms with van der Waals surface area (Å²) in [6.45, 7) is 0.225. The maximum atomic E-state index is 12.8. The Labute approximate surface area is 157 Å². The van der Waals surface area contributed by atoms with Crippen LogP contribution in [0.25, 0.3) is 10.4 Å². The molecule has 0 amide bonds. The average Bonchev–Trinajstić information content (AvgIpc) is 2.70. The minimum atomic E-state index is -0.938. The summed E-state index contributed by atoms with van der Waals surface area (Å²) < 4.78 is 5.95. The Balaban J connectivity index is 2.22. The number of methoxy groups -OCH3 is 1. The van der Waals surface area contributed by atoms with Crippen molar-refractivity contribution >= 4 is 31.2 Å². The first kappa shape index (κ1) is 19.7. The Hall–Kier alpha value is -2.66. The molecule has 0 spiro atoms. The van der Waals surface area contributed by atoms with Gasteiger partial charge in [0.1, 0.15) is 0 Å². The van der Waals surface area contributed by atoms with Crippen molar-refractivity contribution in [2.24, 2.45) is 11.0 Å². The molecule has 2 atom stereocenters. The molecule has 1 heterocycles. The summed E-state index contributed by atoms with van der Waals surface area (Å²) in [5.74, 6) is -1.83. The van der Waals surface area contributed by atoms with E-state index in [0.29, 0.717) is 5.56 Å². The van der Waals surface area contributed by atoms with E-state index < -0.39 is 11.9 Å². The number of pyridine rings is 1. The number of ether oxygens (including phenoxy) is 1. The summed E-state index contributed by atoms with van der Waals surface area (Å²) in [7, 11) is 1.26. The van der Waals surface area contributed by atoms with Gasteiger partial charge in [0.15, 0.2) is 0 Å². The quantitative estimate of drug-likeness (QED) is 0.119. The van der Waals surface area contributed by atoms with E-state index in [2.05, 4.69) is 15.0 Å². The number of nitrogens with zero attached hydrogens (tertiary/aromatic N) is 4. The van der Waals surface area contributed by atoms with E-state index in [1.54, 1.807) is 12.1 Å². The van der Waals surface area contributed by atoms with Crippen LogP contribution in [0.3, 0.4) is 0 Å². The number of esters is 1. The first-order valence-electron chi connectivity index (χ1n) is 7.90. The van der Waals surface area contributed by atoms with Gasteiger partial charge in [0.05, 0.1) is 0 Å². The van der Waals surface area contributed by atoms with Crippen molar-refractivity contribution in [2.45, 2.75) is 11.2 Å². The number of aromatic nitrogens is 1. The van der Waals surface area contributed by atoms with E-state index in [0.717, 1.165) is 4.46 Å². The molecule has 7 nitrogen and oxygen atoms in total. The van der Waals surface area contributed by atoms with Gasteiger partial charge in [-0.25, -0.2) is 0 Å². The zero-order valence-electron chi connectivity index (χ0n) is 14.2. The second-order valence-corrected chi connectivity index (χ2v) is 8.26. The summed E-state index contributed by atoms with van der Waals surface area (Å²) in [6.07, 6.45) is 3.28. The average molecular weight is 417 g/mol. The molecule has 2 unspecified atom stereocenters. The molecule has 0 fully saturated rings. The first-order valence-corrected chi connectivity index (χ1v) is 9.75. The van der Waals surface area contributed by atoms with Crippen molar-refractivity contribution in [1.29, 1.82) is 0 Å². The number of carbonyl (C=O) groups is 2. The normalized spacial score (nSPS) is 12.5. The fourth-order valence-corrected chi connectivity index (χ4v) is 4.78. The number of hydrogen-bond acceptors (Lipinski definition) is 5. The van der Waals surface area contributed by atoms with Crippen molar-refractivity contribution in [2.75, 3.05) is 13.7 Å². The predicted molar refractivity (Wildman–Crippen MR) is 98.3 cm³/mol. The van der Waals surface area contributed by atoms with Crippen molar-refractivity contribution in [1.82, 2.24) is 4.98 Å². The molecule has 0 aliphatic rings. The van der Waals surface area contributed by atoms with E-state index in [1.165, 1.54) is 19.5 Å². The first-order chi connectivity index (χ1) is 12.7. The van der Waals surface area contributed by atoms with Gasteiger partial charge in [0, 0.05) is 0 Å². The minimum absolute atomic E-state index is 0.0553. The van der Waals surface area contributed by atoms with Gasteiger partial charge in [0.2, 0.25) is 0 Å². The number of hydrogen-bond donors (Lipinski definition) is 0. The third-order valence-corrected chi connectivity index (χ3v) is 6.22. The molecule has 1 aromatic carbocycles. The summed E-state index contributed by atoms with van der Waals surface area (Å²) in [5.41, 5.74) is 9.07. The second kappa shape index (κ2) is 10.4. The number of benzene rings is 1. The van der Waals surface area contributed by atoms with Crippen LogP contribution in [0.5, 0.6) is 0 Å². The number of Topliss-reactive ketones (excluding diaryl/α,β-unsaturated/α-hetero) is 1. The number of ketones is 1. The Morgan fingerprint density at radius 2 is 1.92 bits per heavy atom. The van der Waals surface area contributed by atoms with Crippen molar-refractivity contribution in [3.63, 3.8) is 0 Å². The summed E-state index contributed by atoms with van der Waals surface area (Å²) >= 11 is -0.0553. The molecule has 0 saturated carbocycles. The van der Waals surface area contributed by atoms with Gasteiger partial charge in [0.25, 0.3) is 0 Å². The van der Waals surface area contributed by atoms with Gasteiger partial charge in [-0.2, -0.15) is 0 Å². The van der Waals surface area contributed by atoms with Crippen LogP contribution < -0.4 is 4.46 Å². The zero-order chi connectivity index (χ0) is 18.8. The van der Waals surface area contributed by atoms with Crippen LogP contribution in [0.1, 0.15) is 16.8 Å². The molecule has 0 saturated heterocycles. The van der Waals surface area contributed by atoms with Crippen molar-refractivity contribution in [3.8, 4) is 0 Å². The molecule has 134 valence electrons. The molecule has 2 aromatic rings. The molecular weight excluding hydrogens is 399 g/mol. The summed E-state index contributed by atoms with van der Waals surface area (Å²) in [5, 5.41) is 3.66. The molecule has 0 aliphatic heterocycles. The molecule has 0 aliphatic carbocycles. The van der Waals surface area contributed by atoms with E-state index in [-0.39, 0.29) is 38.5 Å². The fourth-order valence-electron chi connectivity index (χ4n) is 2.41. The Morgan fingerprint density at radius 1 is 1.23 bits per heavy atom. The molecule has 0 N–H and O–H groups in total. The number of azide groups is 1. The van der Waals surface area contributed by atoms with Crippen LogP contribution in [0.4, 0.5) is 0 Å². The van der Waals surface area contributed by atoms with Crippen molar-refractivity contribution in [3.05, 3.63) is 70.9 Å². The third-order valence-electron chi connectivity index (χ3n) is 3.66. The van der Waals surface area contributed by atoms with E-state index in [9.17, 15) is 9.59 Å². The molecule has 0 bridgehead atoms. The maximum absolute atomic E-state index is 12.8. The van der Waals surface area contributed by atoms with Crippen LogP contribution in [0.2, 0.25) is 4.82 Å². The van der Waals surface area contributed by atoms with Crippen LogP contribution in [-0.4, -0.2) is 45.3 Å². The summed E-state index contributed by atoms with van der Waals surface area (Å²) in [6, 6.07) is 12.9. The van der Waals surface area contributed by atoms with Crippen LogP contribution in [-0.2, 0) is 9.53 Å². The zero-order valence-corrected chi connectivity index (χ0v) is 15.9. The number of rotatable bonds is 9. The van der Waals surface area contributed by atoms with Gasteiger partial charge in [-0.1, -0.05) is 0 Å². The molecule has 8 heteroatoms. The van der Waals surface area contributed by atoms with Gasteiger partial charge in [-0.05, 0) is 0 Å². The van der Waals surface area contributed by atoms with Crippen molar-refractivity contribution < 1.29 is 14.3 Å². The SMILES string of the molecule is COC(=O)C(CC(CN=[N+]=[N-])[Se]c1ccccc1)C(=O)c1ccncc1. The van der Waals surface area contributed by atoms with Crippen LogP contribution >= 0.6 is 0 Å². The number of carbonyl (C=O) groups excluding carboxylic acids is 2. The third kappa shape index (κ3) is 5.70. The molecule has 2 rings (SSSR count). The van der Waals surface area contributed by atoms with Crippen LogP contribution in [0.15, 0.2) is 60.0 Å². The van der Waals surface area contributed by atoms with Gasteiger partial charge >= 0.3 is 157 Å². The fraction of sp³-hybridized carbons (Fsp3) is 0.278. The standard InChI is InChI=1S/C18H18N4O3Se/c1-25-18(24)16(17(23)13-7-9-20-10-8-13)11-15(12-21-22-19)26-14-5-3-2-4-6-14/h2-10,15-16H,11-12H2,1H3. The van der Waals surface area contributed by atoms with Gasteiger partial charge in [-0.15, -0.1) is 0 Å². The molecular formula is C18H18N4O3Se. The molecule has 26 heavy (non-hydrogen) atoms. The van der Waals surface area contributed by atoms with Gasteiger partial charge < -0.3 is 0 Å². The molecule has 1 aromatic heterocycles. The van der Waals surface area contributed by atoms with E-state index in [4.69, 9.17) is 10.3 Å². The monoisotopic (exact) mass is 418 g/mol. The molecule has 0 radical (unpaired) electrons. The van der Waals surface area contributed by atoms with E-state index >= 15 is 0 Å². The van der Waals surface area contributed by atoms with Crippen LogP contribution in [0, 0.1) is 5.92 Å². The predicted octanol–water partition coefficient (Wildman–Crippen LogP) is 2.57. The Bertz CT molecular complexity index is 780. The topological polar surface area (TPSA) is 105 Å². The van der Waals surface area contributed by atoms with Gasteiger partial charge in [-0.3, -0.25) is 0 Å².